The smallest absolute Gasteiger partial charge is 0.211 e. The Kier molecular flexibility index (Phi) is 3.16. The molecule has 4 heteroatoms. The fourth-order valence-corrected chi connectivity index (χ4v) is 1.80. The molecule has 0 amide bonds. The maximum Gasteiger partial charge on any atom is 0.211 e. The minimum absolute atomic E-state index is 0.328. The number of hydrogen-bond donors (Lipinski definition) is 2. The average molecular weight is 195 g/mol. The summed E-state index contributed by atoms with van der Waals surface area (Å²) in [5.74, 6) is 1.75. The van der Waals surface area contributed by atoms with E-state index in [9.17, 15) is 0 Å². The van der Waals surface area contributed by atoms with E-state index in [2.05, 4.69) is 15.6 Å². The van der Waals surface area contributed by atoms with Gasteiger partial charge in [0, 0.05) is 0 Å². The third-order valence-corrected chi connectivity index (χ3v) is 2.53. The van der Waals surface area contributed by atoms with Crippen molar-refractivity contribution in [1.29, 1.82) is 0 Å². The van der Waals surface area contributed by atoms with Gasteiger partial charge in [-0.2, -0.15) is 0 Å². The Morgan fingerprint density at radius 1 is 1.64 bits per heavy atom. The number of piperidine rings is 1. The molecule has 1 aromatic heterocycles. The van der Waals surface area contributed by atoms with Crippen molar-refractivity contribution in [1.82, 2.24) is 15.6 Å². The molecular weight excluding hydrogens is 178 g/mol. The number of hydrogen-bond acceptors (Lipinski definition) is 4. The van der Waals surface area contributed by atoms with Crippen molar-refractivity contribution >= 4 is 0 Å². The molecule has 1 aliphatic heterocycles. The van der Waals surface area contributed by atoms with Crippen LogP contribution in [0.1, 0.15) is 37.0 Å². The molecule has 0 saturated carbocycles. The van der Waals surface area contributed by atoms with Gasteiger partial charge < -0.3 is 15.1 Å². The zero-order chi connectivity index (χ0) is 9.80. The predicted octanol–water partition coefficient (Wildman–Crippen LogP) is 1.21. The van der Waals surface area contributed by atoms with Gasteiger partial charge in [-0.15, -0.1) is 0 Å². The van der Waals surface area contributed by atoms with Crippen LogP contribution in [0.2, 0.25) is 0 Å². The quantitative estimate of drug-likeness (QED) is 0.761. The summed E-state index contributed by atoms with van der Waals surface area (Å²) in [6.07, 6.45) is 5.48. The summed E-state index contributed by atoms with van der Waals surface area (Å²) in [7, 11) is 1.90. The molecule has 1 aliphatic rings. The van der Waals surface area contributed by atoms with Gasteiger partial charge in [-0.3, -0.25) is 0 Å². The van der Waals surface area contributed by atoms with Gasteiger partial charge in [-0.1, -0.05) is 6.42 Å². The lowest BCUT2D eigenvalue weighted by atomic mass is 10.1. The van der Waals surface area contributed by atoms with Gasteiger partial charge in [0.25, 0.3) is 0 Å². The first-order valence-corrected chi connectivity index (χ1v) is 5.22. The van der Waals surface area contributed by atoms with E-state index in [1.54, 1.807) is 0 Å². The highest BCUT2D eigenvalue weighted by molar-refractivity contribution is 4.98. The van der Waals surface area contributed by atoms with Crippen molar-refractivity contribution in [2.45, 2.75) is 31.8 Å². The monoisotopic (exact) mass is 195 g/mol. The van der Waals surface area contributed by atoms with E-state index >= 15 is 0 Å². The zero-order valence-corrected chi connectivity index (χ0v) is 8.55. The standard InChI is InChI=1S/C10H17N3O/c1-11-6-8-7-13-10(14-8)9-4-2-3-5-12-9/h7,9,11-12H,2-6H2,1H3. The maximum atomic E-state index is 5.63. The fourth-order valence-electron chi connectivity index (χ4n) is 1.80. The average Bonchev–Trinajstić information content (AvgIpc) is 2.68. The Bertz CT molecular complexity index is 279. The number of aromatic nitrogens is 1. The van der Waals surface area contributed by atoms with Crippen LogP contribution in [0.3, 0.4) is 0 Å². The molecule has 2 N–H and O–H groups in total. The molecule has 0 radical (unpaired) electrons. The lowest BCUT2D eigenvalue weighted by molar-refractivity contribution is 0.327. The van der Waals surface area contributed by atoms with E-state index in [0.717, 1.165) is 31.2 Å². The van der Waals surface area contributed by atoms with E-state index in [1.165, 1.54) is 12.8 Å². The maximum absolute atomic E-state index is 5.63. The van der Waals surface area contributed by atoms with Crippen LogP contribution in [-0.4, -0.2) is 18.6 Å². The van der Waals surface area contributed by atoms with Crippen LogP contribution in [0.4, 0.5) is 0 Å². The second-order valence-corrected chi connectivity index (χ2v) is 3.70. The summed E-state index contributed by atoms with van der Waals surface area (Å²) < 4.78 is 5.63. The molecule has 1 saturated heterocycles. The highest BCUT2D eigenvalue weighted by Gasteiger charge is 2.19. The summed E-state index contributed by atoms with van der Waals surface area (Å²) >= 11 is 0. The normalized spacial score (nSPS) is 22.5. The van der Waals surface area contributed by atoms with Gasteiger partial charge >= 0.3 is 0 Å². The highest BCUT2D eigenvalue weighted by atomic mass is 16.4. The van der Waals surface area contributed by atoms with Crippen LogP contribution in [-0.2, 0) is 6.54 Å². The molecule has 2 heterocycles. The SMILES string of the molecule is CNCc1cnc(C2CCCCN2)o1. The van der Waals surface area contributed by atoms with E-state index in [1.807, 2.05) is 13.2 Å². The molecule has 0 aromatic carbocycles. The third kappa shape index (κ3) is 2.13. The number of nitrogens with zero attached hydrogens (tertiary/aromatic N) is 1. The van der Waals surface area contributed by atoms with Crippen molar-refractivity contribution in [3.63, 3.8) is 0 Å². The molecule has 2 rings (SSSR count). The van der Waals surface area contributed by atoms with Crippen molar-refractivity contribution in [2.24, 2.45) is 0 Å². The van der Waals surface area contributed by atoms with Gasteiger partial charge in [-0.25, -0.2) is 4.98 Å². The lowest BCUT2D eigenvalue weighted by Crippen LogP contribution is -2.26. The summed E-state index contributed by atoms with van der Waals surface area (Å²) in [6, 6.07) is 0.328. The van der Waals surface area contributed by atoms with E-state index < -0.39 is 0 Å². The largest absolute Gasteiger partial charge is 0.443 e. The van der Waals surface area contributed by atoms with Gasteiger partial charge in [0.1, 0.15) is 5.76 Å². The molecule has 4 nitrogen and oxygen atoms in total. The van der Waals surface area contributed by atoms with Gasteiger partial charge in [0.2, 0.25) is 5.89 Å². The van der Waals surface area contributed by atoms with Crippen molar-refractivity contribution in [2.75, 3.05) is 13.6 Å². The Morgan fingerprint density at radius 2 is 2.57 bits per heavy atom. The van der Waals surface area contributed by atoms with Crippen LogP contribution in [0.5, 0.6) is 0 Å². The number of nitrogens with one attached hydrogen (secondary N) is 2. The molecular formula is C10H17N3O. The second kappa shape index (κ2) is 4.57. The van der Waals surface area contributed by atoms with Crippen LogP contribution in [0, 0.1) is 0 Å². The molecule has 0 spiro atoms. The second-order valence-electron chi connectivity index (χ2n) is 3.70. The van der Waals surface area contributed by atoms with E-state index in [4.69, 9.17) is 4.42 Å². The van der Waals surface area contributed by atoms with Gasteiger partial charge in [0.15, 0.2) is 0 Å². The van der Waals surface area contributed by atoms with E-state index in [-0.39, 0.29) is 0 Å². The first-order chi connectivity index (χ1) is 6.90. The Labute approximate surface area is 84.1 Å². The summed E-state index contributed by atoms with van der Waals surface area (Å²) in [5.41, 5.74) is 0. The van der Waals surface area contributed by atoms with Crippen molar-refractivity contribution in [3.8, 4) is 0 Å². The molecule has 1 unspecified atom stereocenters. The Hall–Kier alpha value is -0.870. The summed E-state index contributed by atoms with van der Waals surface area (Å²) in [5, 5.41) is 6.46. The minimum Gasteiger partial charge on any atom is -0.443 e. The van der Waals surface area contributed by atoms with Crippen molar-refractivity contribution in [3.05, 3.63) is 17.8 Å². The molecule has 1 atom stereocenters. The molecule has 0 bridgehead atoms. The number of oxazole rings is 1. The Morgan fingerprint density at radius 3 is 3.29 bits per heavy atom. The van der Waals surface area contributed by atoms with Crippen molar-refractivity contribution < 1.29 is 4.42 Å². The highest BCUT2D eigenvalue weighted by Crippen LogP contribution is 2.22. The van der Waals surface area contributed by atoms with Crippen LogP contribution >= 0.6 is 0 Å². The molecule has 1 aromatic rings. The fraction of sp³-hybridized carbons (Fsp3) is 0.700. The number of rotatable bonds is 3. The molecule has 78 valence electrons. The first-order valence-electron chi connectivity index (χ1n) is 5.22. The first kappa shape index (κ1) is 9.68. The molecule has 14 heavy (non-hydrogen) atoms. The van der Waals surface area contributed by atoms with Crippen LogP contribution in [0.25, 0.3) is 0 Å². The lowest BCUT2D eigenvalue weighted by Gasteiger charge is -2.20. The predicted molar refractivity (Wildman–Crippen MR) is 53.9 cm³/mol. The molecule has 1 fully saturated rings. The summed E-state index contributed by atoms with van der Waals surface area (Å²) in [6.45, 7) is 1.83. The molecule has 0 aliphatic carbocycles. The third-order valence-electron chi connectivity index (χ3n) is 2.53. The van der Waals surface area contributed by atoms with Crippen LogP contribution < -0.4 is 10.6 Å². The van der Waals surface area contributed by atoms with E-state index in [0.29, 0.717) is 6.04 Å². The topological polar surface area (TPSA) is 50.1 Å². The zero-order valence-electron chi connectivity index (χ0n) is 8.55. The van der Waals surface area contributed by atoms with Gasteiger partial charge in [-0.05, 0) is 26.4 Å². The minimum atomic E-state index is 0.328. The Balaban J connectivity index is 2.00. The van der Waals surface area contributed by atoms with Gasteiger partial charge in [0.05, 0.1) is 18.8 Å². The van der Waals surface area contributed by atoms with Crippen LogP contribution in [0.15, 0.2) is 10.6 Å². The summed E-state index contributed by atoms with van der Waals surface area (Å²) in [4.78, 5) is 4.29.